The van der Waals surface area contributed by atoms with Gasteiger partial charge in [0.25, 0.3) is 0 Å². The van der Waals surface area contributed by atoms with Crippen LogP contribution < -0.4 is 0 Å². The van der Waals surface area contributed by atoms with Gasteiger partial charge in [-0.3, -0.25) is 9.59 Å². The van der Waals surface area contributed by atoms with Crippen molar-refractivity contribution in [3.8, 4) is 0 Å². The summed E-state index contributed by atoms with van der Waals surface area (Å²) in [5.74, 6) is -0.967. The van der Waals surface area contributed by atoms with Gasteiger partial charge in [0.05, 0.1) is 25.0 Å². The quantitative estimate of drug-likeness (QED) is 0.153. The molecule has 4 nitrogen and oxygen atoms in total. The molecule has 0 aliphatic heterocycles. The third-order valence-electron chi connectivity index (χ3n) is 6.61. The van der Waals surface area contributed by atoms with Gasteiger partial charge in [-0.25, -0.2) is 0 Å². The summed E-state index contributed by atoms with van der Waals surface area (Å²) in [7, 11) is 0. The van der Waals surface area contributed by atoms with E-state index in [0.29, 0.717) is 13.2 Å². The van der Waals surface area contributed by atoms with Crippen LogP contribution in [0.2, 0.25) is 0 Å². The molecule has 1 rings (SSSR count). The lowest BCUT2D eigenvalue weighted by molar-refractivity contribution is -0.163. The van der Waals surface area contributed by atoms with Crippen molar-refractivity contribution in [2.45, 2.75) is 136 Å². The summed E-state index contributed by atoms with van der Waals surface area (Å²) in [5.41, 5.74) is 0. The molecular formula is C27H50O4. The lowest BCUT2D eigenvalue weighted by Crippen LogP contribution is -2.35. The predicted octanol–water partition coefficient (Wildman–Crippen LogP) is 7.77. The molecule has 1 fully saturated rings. The number of carbonyl (C=O) groups is 2. The highest BCUT2D eigenvalue weighted by Crippen LogP contribution is 2.32. The maximum absolute atomic E-state index is 12.6. The SMILES string of the molecule is CCCCCCCCCCCCOC(=O)C1CCCCC1C(=O)OCCCCCCC. The first-order chi connectivity index (χ1) is 15.2. The third kappa shape index (κ3) is 13.9. The average molecular weight is 439 g/mol. The highest BCUT2D eigenvalue weighted by molar-refractivity contribution is 5.82. The van der Waals surface area contributed by atoms with E-state index in [0.717, 1.165) is 51.4 Å². The Hall–Kier alpha value is -1.06. The molecule has 2 atom stereocenters. The molecule has 0 bridgehead atoms. The Morgan fingerprint density at radius 2 is 0.871 bits per heavy atom. The lowest BCUT2D eigenvalue weighted by atomic mass is 9.79. The van der Waals surface area contributed by atoms with E-state index in [2.05, 4.69) is 13.8 Å². The van der Waals surface area contributed by atoms with Crippen molar-refractivity contribution in [3.63, 3.8) is 0 Å². The van der Waals surface area contributed by atoms with E-state index in [1.165, 1.54) is 70.6 Å². The molecule has 0 saturated heterocycles. The minimum Gasteiger partial charge on any atom is -0.465 e. The first kappa shape index (κ1) is 28.0. The Morgan fingerprint density at radius 1 is 0.548 bits per heavy atom. The number of unbranched alkanes of at least 4 members (excludes halogenated alkanes) is 13. The summed E-state index contributed by atoms with van der Waals surface area (Å²) in [4.78, 5) is 25.1. The topological polar surface area (TPSA) is 52.6 Å². The fraction of sp³-hybridized carbons (Fsp3) is 0.926. The molecule has 0 N–H and O–H groups in total. The highest BCUT2D eigenvalue weighted by Gasteiger charge is 2.37. The minimum absolute atomic E-state index is 0.180. The molecule has 0 spiro atoms. The standard InChI is InChI=1S/C27H50O4/c1-3-5-7-9-10-11-12-13-15-19-23-31-27(29)25-21-17-16-20-24(25)26(28)30-22-18-14-8-6-4-2/h24-25H,3-23H2,1-2H3. The van der Waals surface area contributed by atoms with Gasteiger partial charge < -0.3 is 9.47 Å². The van der Waals surface area contributed by atoms with Crippen molar-refractivity contribution in [1.82, 2.24) is 0 Å². The Bertz CT molecular complexity index is 449. The first-order valence-corrected chi connectivity index (χ1v) is 13.5. The Morgan fingerprint density at radius 3 is 1.23 bits per heavy atom. The van der Waals surface area contributed by atoms with Crippen LogP contribution in [-0.4, -0.2) is 25.2 Å². The van der Waals surface area contributed by atoms with E-state index in [-0.39, 0.29) is 23.8 Å². The van der Waals surface area contributed by atoms with Crippen LogP contribution in [0.1, 0.15) is 136 Å². The summed E-state index contributed by atoms with van der Waals surface area (Å²) in [5, 5.41) is 0. The van der Waals surface area contributed by atoms with Crippen LogP contribution in [0, 0.1) is 11.8 Å². The van der Waals surface area contributed by atoms with Crippen molar-refractivity contribution in [2.24, 2.45) is 11.8 Å². The molecular weight excluding hydrogens is 388 g/mol. The zero-order valence-electron chi connectivity index (χ0n) is 20.6. The van der Waals surface area contributed by atoms with Crippen molar-refractivity contribution < 1.29 is 19.1 Å². The van der Waals surface area contributed by atoms with Crippen molar-refractivity contribution in [3.05, 3.63) is 0 Å². The molecule has 31 heavy (non-hydrogen) atoms. The molecule has 0 heterocycles. The van der Waals surface area contributed by atoms with Crippen molar-refractivity contribution in [2.75, 3.05) is 13.2 Å². The van der Waals surface area contributed by atoms with Crippen LogP contribution in [-0.2, 0) is 19.1 Å². The monoisotopic (exact) mass is 438 g/mol. The molecule has 2 unspecified atom stereocenters. The highest BCUT2D eigenvalue weighted by atomic mass is 16.5. The summed E-state index contributed by atoms with van der Waals surface area (Å²) < 4.78 is 11.1. The number of rotatable bonds is 19. The maximum atomic E-state index is 12.6. The third-order valence-corrected chi connectivity index (χ3v) is 6.61. The smallest absolute Gasteiger partial charge is 0.309 e. The Balaban J connectivity index is 2.13. The van der Waals surface area contributed by atoms with Crippen LogP contribution in [0.25, 0.3) is 0 Å². The fourth-order valence-corrected chi connectivity index (χ4v) is 4.55. The second kappa shape index (κ2) is 19.6. The van der Waals surface area contributed by atoms with Gasteiger partial charge in [-0.15, -0.1) is 0 Å². The van der Waals surface area contributed by atoms with Crippen LogP contribution in [0.4, 0.5) is 0 Å². The van der Waals surface area contributed by atoms with Crippen molar-refractivity contribution in [1.29, 1.82) is 0 Å². The van der Waals surface area contributed by atoms with Crippen LogP contribution in [0.5, 0.6) is 0 Å². The molecule has 182 valence electrons. The van der Waals surface area contributed by atoms with Crippen LogP contribution >= 0.6 is 0 Å². The molecule has 4 heteroatoms. The first-order valence-electron chi connectivity index (χ1n) is 13.5. The summed E-state index contributed by atoms with van der Waals surface area (Å²) >= 11 is 0. The fourth-order valence-electron chi connectivity index (χ4n) is 4.55. The van der Waals surface area contributed by atoms with E-state index >= 15 is 0 Å². The van der Waals surface area contributed by atoms with Gasteiger partial charge in [0.15, 0.2) is 0 Å². The molecule has 1 aliphatic rings. The van der Waals surface area contributed by atoms with E-state index in [1.807, 2.05) is 0 Å². The zero-order chi connectivity index (χ0) is 22.6. The molecule has 0 aromatic heterocycles. The molecule has 0 amide bonds. The number of ether oxygens (including phenoxy) is 2. The molecule has 0 aromatic rings. The maximum Gasteiger partial charge on any atom is 0.309 e. The van der Waals surface area contributed by atoms with Gasteiger partial charge in [-0.2, -0.15) is 0 Å². The predicted molar refractivity (Wildman–Crippen MR) is 128 cm³/mol. The molecule has 0 radical (unpaired) electrons. The number of carbonyl (C=O) groups excluding carboxylic acids is 2. The van der Waals surface area contributed by atoms with Gasteiger partial charge in [-0.1, -0.05) is 110 Å². The second-order valence-electron chi connectivity index (χ2n) is 9.43. The van der Waals surface area contributed by atoms with Gasteiger partial charge in [0, 0.05) is 0 Å². The number of hydrogen-bond donors (Lipinski definition) is 0. The lowest BCUT2D eigenvalue weighted by Gasteiger charge is -2.28. The average Bonchev–Trinajstić information content (AvgIpc) is 2.79. The molecule has 1 saturated carbocycles. The van der Waals surface area contributed by atoms with E-state index in [4.69, 9.17) is 9.47 Å². The second-order valence-corrected chi connectivity index (χ2v) is 9.43. The molecule has 1 aliphatic carbocycles. The van der Waals surface area contributed by atoms with Gasteiger partial charge in [0.1, 0.15) is 0 Å². The minimum atomic E-state index is -0.301. The zero-order valence-corrected chi connectivity index (χ0v) is 20.6. The summed E-state index contributed by atoms with van der Waals surface area (Å²) in [6.45, 7) is 5.42. The van der Waals surface area contributed by atoms with Gasteiger partial charge >= 0.3 is 11.9 Å². The van der Waals surface area contributed by atoms with Crippen LogP contribution in [0.15, 0.2) is 0 Å². The Kier molecular flexibility index (Phi) is 17.7. The largest absolute Gasteiger partial charge is 0.465 e. The van der Waals surface area contributed by atoms with E-state index in [9.17, 15) is 9.59 Å². The summed E-state index contributed by atoms with van der Waals surface area (Å²) in [6, 6.07) is 0. The van der Waals surface area contributed by atoms with E-state index < -0.39 is 0 Å². The van der Waals surface area contributed by atoms with Crippen molar-refractivity contribution >= 4 is 11.9 Å². The Labute approximate surface area is 192 Å². The van der Waals surface area contributed by atoms with Gasteiger partial charge in [-0.05, 0) is 25.7 Å². The normalized spacial score (nSPS) is 18.6. The number of hydrogen-bond acceptors (Lipinski definition) is 4. The number of esters is 2. The van der Waals surface area contributed by atoms with Gasteiger partial charge in [0.2, 0.25) is 0 Å². The van der Waals surface area contributed by atoms with Crippen LogP contribution in [0.3, 0.4) is 0 Å². The molecule has 0 aromatic carbocycles. The van der Waals surface area contributed by atoms with E-state index in [1.54, 1.807) is 0 Å². The summed E-state index contributed by atoms with van der Waals surface area (Å²) in [6.07, 6.45) is 21.9.